The Bertz CT molecular complexity index is 1000. The van der Waals surface area contributed by atoms with E-state index < -0.39 is 12.1 Å². The molecule has 1 aliphatic heterocycles. The molecule has 0 radical (unpaired) electrons. The molecule has 0 saturated carbocycles. The van der Waals surface area contributed by atoms with E-state index in [4.69, 9.17) is 4.42 Å². The normalized spacial score (nSPS) is 16.1. The molecular formula is C19H19F3N4O2. The van der Waals surface area contributed by atoms with Crippen molar-refractivity contribution in [2.24, 2.45) is 7.05 Å². The summed E-state index contributed by atoms with van der Waals surface area (Å²) in [7, 11) is 1.95. The van der Waals surface area contributed by atoms with Crippen LogP contribution in [-0.4, -0.2) is 38.7 Å². The van der Waals surface area contributed by atoms with Gasteiger partial charge in [-0.05, 0) is 24.5 Å². The molecule has 28 heavy (non-hydrogen) atoms. The van der Waals surface area contributed by atoms with Crippen LogP contribution in [0.5, 0.6) is 0 Å². The number of hydrogen-bond acceptors (Lipinski definition) is 4. The number of carbonyl (C=O) groups excluding carboxylic acids is 1. The summed E-state index contributed by atoms with van der Waals surface area (Å²) < 4.78 is 44.6. The fourth-order valence-electron chi connectivity index (χ4n) is 3.73. The lowest BCUT2D eigenvalue weighted by atomic mass is 9.96. The smallest absolute Gasteiger partial charge is 0.417 e. The van der Waals surface area contributed by atoms with Gasteiger partial charge in [-0.25, -0.2) is 0 Å². The molecule has 0 N–H and O–H groups in total. The number of likely N-dealkylation sites (tertiary alicyclic amines) is 1. The van der Waals surface area contributed by atoms with Crippen LogP contribution < -0.4 is 0 Å². The topological polar surface area (TPSA) is 64.2 Å². The molecule has 6 nitrogen and oxygen atoms in total. The zero-order valence-electron chi connectivity index (χ0n) is 15.2. The molecule has 148 valence electrons. The summed E-state index contributed by atoms with van der Waals surface area (Å²) >= 11 is 0. The molecule has 1 fully saturated rings. The van der Waals surface area contributed by atoms with Gasteiger partial charge in [0.05, 0.1) is 6.42 Å². The van der Waals surface area contributed by atoms with Crippen molar-refractivity contribution in [2.75, 3.05) is 13.1 Å². The largest absolute Gasteiger partial charge is 0.470 e. The molecule has 3 heterocycles. The first-order valence-electron chi connectivity index (χ1n) is 9.04. The van der Waals surface area contributed by atoms with Crippen molar-refractivity contribution in [1.29, 1.82) is 0 Å². The van der Waals surface area contributed by atoms with Gasteiger partial charge in [0.1, 0.15) is 0 Å². The van der Waals surface area contributed by atoms with Gasteiger partial charge in [0.15, 0.2) is 0 Å². The number of aromatic nitrogens is 3. The Balaban J connectivity index is 1.39. The molecule has 9 heteroatoms. The summed E-state index contributed by atoms with van der Waals surface area (Å²) in [5, 5.41) is 7.67. The van der Waals surface area contributed by atoms with E-state index in [-0.39, 0.29) is 17.7 Å². The number of hydrogen-bond donors (Lipinski definition) is 0. The van der Waals surface area contributed by atoms with Crippen LogP contribution in [0, 0.1) is 0 Å². The Morgan fingerprint density at radius 1 is 1.21 bits per heavy atom. The number of amides is 1. The van der Waals surface area contributed by atoms with Crippen LogP contribution in [-0.2, 0) is 24.4 Å². The van der Waals surface area contributed by atoms with E-state index in [1.807, 2.05) is 42.1 Å². The molecule has 0 unspecified atom stereocenters. The minimum Gasteiger partial charge on any atom is -0.417 e. The van der Waals surface area contributed by atoms with Crippen LogP contribution in [0.2, 0.25) is 0 Å². The van der Waals surface area contributed by atoms with Gasteiger partial charge in [0.2, 0.25) is 11.8 Å². The van der Waals surface area contributed by atoms with Gasteiger partial charge in [-0.15, -0.1) is 10.2 Å². The van der Waals surface area contributed by atoms with Crippen molar-refractivity contribution < 1.29 is 22.4 Å². The van der Waals surface area contributed by atoms with Crippen molar-refractivity contribution in [3.8, 4) is 0 Å². The predicted octanol–water partition coefficient (Wildman–Crippen LogP) is 3.53. The van der Waals surface area contributed by atoms with Crippen LogP contribution in [0.1, 0.15) is 36.1 Å². The first kappa shape index (κ1) is 18.5. The molecule has 0 aliphatic carbocycles. The number of rotatable bonds is 3. The predicted molar refractivity (Wildman–Crippen MR) is 94.5 cm³/mol. The maximum Gasteiger partial charge on any atom is 0.470 e. The second-order valence-electron chi connectivity index (χ2n) is 7.06. The standard InChI is InChI=1S/C19H19F3N4O2/c1-25-11-13(14-4-2-3-5-15(14)25)10-16(27)26-8-6-12(7-9-26)17-23-24-18(28-17)19(20,21)22/h2-5,11-12H,6-10H2,1H3. The fraction of sp³-hybridized carbons (Fsp3) is 0.421. The molecule has 1 saturated heterocycles. The fourth-order valence-corrected chi connectivity index (χ4v) is 3.73. The quantitative estimate of drug-likeness (QED) is 0.684. The summed E-state index contributed by atoms with van der Waals surface area (Å²) in [5.41, 5.74) is 2.04. The van der Waals surface area contributed by atoms with E-state index in [2.05, 4.69) is 10.2 Å². The van der Waals surface area contributed by atoms with E-state index in [1.54, 1.807) is 4.90 Å². The number of carbonyl (C=O) groups is 1. The molecule has 0 spiro atoms. The third kappa shape index (κ3) is 3.48. The lowest BCUT2D eigenvalue weighted by Gasteiger charge is -2.30. The summed E-state index contributed by atoms with van der Waals surface area (Å²) in [6, 6.07) is 7.91. The molecular weight excluding hydrogens is 373 g/mol. The van der Waals surface area contributed by atoms with Gasteiger partial charge in [-0.2, -0.15) is 13.2 Å². The molecule has 1 aromatic carbocycles. The Labute approximate surface area is 158 Å². The van der Waals surface area contributed by atoms with Gasteiger partial charge < -0.3 is 13.9 Å². The van der Waals surface area contributed by atoms with E-state index in [1.165, 1.54) is 0 Å². The lowest BCUT2D eigenvalue weighted by Crippen LogP contribution is -2.38. The van der Waals surface area contributed by atoms with Crippen molar-refractivity contribution >= 4 is 16.8 Å². The number of fused-ring (bicyclic) bond motifs is 1. The molecule has 3 aromatic rings. The van der Waals surface area contributed by atoms with E-state index in [0.717, 1.165) is 16.5 Å². The minimum atomic E-state index is -4.64. The first-order valence-corrected chi connectivity index (χ1v) is 9.04. The number of benzene rings is 1. The Morgan fingerprint density at radius 2 is 1.93 bits per heavy atom. The van der Waals surface area contributed by atoms with E-state index in [0.29, 0.717) is 32.4 Å². The Morgan fingerprint density at radius 3 is 2.61 bits per heavy atom. The van der Waals surface area contributed by atoms with Crippen LogP contribution in [0.3, 0.4) is 0 Å². The summed E-state index contributed by atoms with van der Waals surface area (Å²) in [4.78, 5) is 14.5. The molecule has 4 rings (SSSR count). The second kappa shape index (κ2) is 6.96. The SMILES string of the molecule is Cn1cc(CC(=O)N2CCC(c3nnc(C(F)(F)F)o3)CC2)c2ccccc21. The van der Waals surface area contributed by atoms with Gasteiger partial charge in [-0.1, -0.05) is 18.2 Å². The summed E-state index contributed by atoms with van der Waals surface area (Å²) in [6.07, 6.45) is -1.38. The molecule has 0 bridgehead atoms. The van der Waals surface area contributed by atoms with Crippen molar-refractivity contribution in [1.82, 2.24) is 19.7 Å². The zero-order valence-corrected chi connectivity index (χ0v) is 15.2. The van der Waals surface area contributed by atoms with Crippen molar-refractivity contribution in [3.05, 3.63) is 47.8 Å². The number of alkyl halides is 3. The molecule has 2 aromatic heterocycles. The second-order valence-corrected chi connectivity index (χ2v) is 7.06. The average molecular weight is 392 g/mol. The van der Waals surface area contributed by atoms with Crippen LogP contribution >= 0.6 is 0 Å². The third-order valence-corrected chi connectivity index (χ3v) is 5.20. The van der Waals surface area contributed by atoms with Crippen LogP contribution in [0.25, 0.3) is 10.9 Å². The summed E-state index contributed by atoms with van der Waals surface area (Å²) in [5.74, 6) is -1.58. The maximum atomic E-state index is 12.7. The highest BCUT2D eigenvalue weighted by Crippen LogP contribution is 2.32. The molecule has 1 amide bonds. The van der Waals surface area contributed by atoms with Gasteiger partial charge in [-0.3, -0.25) is 4.79 Å². The monoisotopic (exact) mass is 392 g/mol. The Hall–Kier alpha value is -2.84. The van der Waals surface area contributed by atoms with Crippen LogP contribution in [0.4, 0.5) is 13.2 Å². The van der Waals surface area contributed by atoms with Crippen molar-refractivity contribution in [3.63, 3.8) is 0 Å². The van der Waals surface area contributed by atoms with Gasteiger partial charge in [0, 0.05) is 43.2 Å². The maximum absolute atomic E-state index is 12.7. The minimum absolute atomic E-state index is 0.00604. The van der Waals surface area contributed by atoms with Crippen LogP contribution in [0.15, 0.2) is 34.9 Å². The van der Waals surface area contributed by atoms with Gasteiger partial charge >= 0.3 is 12.1 Å². The zero-order chi connectivity index (χ0) is 19.9. The number of aryl methyl sites for hydroxylation is 1. The third-order valence-electron chi connectivity index (χ3n) is 5.20. The van der Waals surface area contributed by atoms with Crippen molar-refractivity contribution in [2.45, 2.75) is 31.4 Å². The Kier molecular flexibility index (Phi) is 4.60. The van der Waals surface area contributed by atoms with Gasteiger partial charge in [0.25, 0.3) is 0 Å². The molecule has 1 aliphatic rings. The highest BCUT2D eigenvalue weighted by Gasteiger charge is 2.39. The molecule has 0 atom stereocenters. The highest BCUT2D eigenvalue weighted by atomic mass is 19.4. The van der Waals surface area contributed by atoms with E-state index in [9.17, 15) is 18.0 Å². The number of halogens is 3. The number of para-hydroxylation sites is 1. The first-order chi connectivity index (χ1) is 13.3. The highest BCUT2D eigenvalue weighted by molar-refractivity contribution is 5.89. The van der Waals surface area contributed by atoms with E-state index >= 15 is 0 Å². The number of piperidine rings is 1. The lowest BCUT2D eigenvalue weighted by molar-refractivity contribution is -0.157. The summed E-state index contributed by atoms with van der Waals surface area (Å²) in [6.45, 7) is 0.913. The number of nitrogens with zero attached hydrogens (tertiary/aromatic N) is 4. The average Bonchev–Trinajstić information content (AvgIpc) is 3.28.